The summed E-state index contributed by atoms with van der Waals surface area (Å²) in [4.78, 5) is 12.2. The van der Waals surface area contributed by atoms with Gasteiger partial charge in [0.2, 0.25) is 0 Å². The van der Waals surface area contributed by atoms with Crippen LogP contribution in [-0.4, -0.2) is 12.3 Å². The third kappa shape index (κ3) is 3.34. The maximum atomic E-state index is 12.2. The van der Waals surface area contributed by atoms with E-state index >= 15 is 0 Å². The molecule has 1 fully saturated rings. The number of carbonyl (C=O) groups is 1. The molecule has 2 nitrogen and oxygen atoms in total. The topological polar surface area (TPSA) is 29.1 Å². The van der Waals surface area contributed by atoms with Crippen LogP contribution >= 0.6 is 0 Å². The Bertz CT molecular complexity index is 387. The highest BCUT2D eigenvalue weighted by molar-refractivity contribution is 5.85. The normalized spacial score (nSPS) is 27.8. The molecule has 98 valence electrons. The molecule has 0 amide bonds. The van der Waals surface area contributed by atoms with Gasteiger partial charge in [-0.3, -0.25) is 4.79 Å². The Morgan fingerprint density at radius 2 is 1.89 bits per heavy atom. The average Bonchev–Trinajstić information content (AvgIpc) is 2.40. The lowest BCUT2D eigenvalue weighted by Gasteiger charge is -2.31. The van der Waals surface area contributed by atoms with E-state index < -0.39 is 0 Å². The lowest BCUT2D eigenvalue weighted by atomic mass is 9.74. The molecule has 3 unspecified atom stereocenters. The fourth-order valence-electron chi connectivity index (χ4n) is 2.73. The lowest BCUT2D eigenvalue weighted by Crippen LogP contribution is -2.30. The van der Waals surface area contributed by atoms with Crippen LogP contribution in [0.25, 0.3) is 0 Å². The van der Waals surface area contributed by atoms with Crippen molar-refractivity contribution < 1.29 is 4.79 Å². The summed E-state index contributed by atoms with van der Waals surface area (Å²) in [6, 6.07) is 9.95. The smallest absolute Gasteiger partial charge is 0.154 e. The fraction of sp³-hybridized carbons (Fsp3) is 0.562. The second kappa shape index (κ2) is 6.03. The van der Waals surface area contributed by atoms with Crippen LogP contribution in [0.1, 0.15) is 33.1 Å². The molecule has 1 aromatic rings. The van der Waals surface area contributed by atoms with Crippen molar-refractivity contribution >= 4 is 11.5 Å². The molecule has 0 spiro atoms. The zero-order valence-electron chi connectivity index (χ0n) is 11.4. The van der Waals surface area contributed by atoms with Gasteiger partial charge in [0.1, 0.15) is 0 Å². The van der Waals surface area contributed by atoms with Gasteiger partial charge in [0.05, 0.1) is 6.54 Å². The van der Waals surface area contributed by atoms with Crippen molar-refractivity contribution in [2.75, 3.05) is 11.9 Å². The van der Waals surface area contributed by atoms with E-state index in [1.165, 1.54) is 6.42 Å². The molecule has 1 aromatic carbocycles. The van der Waals surface area contributed by atoms with E-state index in [2.05, 4.69) is 19.2 Å². The summed E-state index contributed by atoms with van der Waals surface area (Å²) in [6.07, 6.45) is 3.33. The molecule has 0 bridgehead atoms. The summed E-state index contributed by atoms with van der Waals surface area (Å²) in [5, 5.41) is 3.22. The fourth-order valence-corrected chi connectivity index (χ4v) is 2.73. The lowest BCUT2D eigenvalue weighted by molar-refractivity contribution is -0.122. The van der Waals surface area contributed by atoms with Gasteiger partial charge < -0.3 is 5.32 Å². The highest BCUT2D eigenvalue weighted by Gasteiger charge is 2.28. The maximum Gasteiger partial charge on any atom is 0.154 e. The van der Waals surface area contributed by atoms with Gasteiger partial charge in [-0.1, -0.05) is 32.0 Å². The van der Waals surface area contributed by atoms with Gasteiger partial charge in [0.15, 0.2) is 5.78 Å². The summed E-state index contributed by atoms with van der Waals surface area (Å²) < 4.78 is 0. The Balaban J connectivity index is 1.82. The van der Waals surface area contributed by atoms with Crippen LogP contribution in [0.2, 0.25) is 0 Å². The van der Waals surface area contributed by atoms with Gasteiger partial charge in [-0.2, -0.15) is 0 Å². The molecule has 2 rings (SSSR count). The molecular formula is C16H23NO. The summed E-state index contributed by atoms with van der Waals surface area (Å²) in [7, 11) is 0. The zero-order valence-corrected chi connectivity index (χ0v) is 11.4. The molecule has 2 heteroatoms. The minimum atomic E-state index is 0.271. The van der Waals surface area contributed by atoms with Crippen LogP contribution in [-0.2, 0) is 4.79 Å². The first-order valence-corrected chi connectivity index (χ1v) is 6.98. The number of ketones is 1. The van der Waals surface area contributed by atoms with E-state index in [1.807, 2.05) is 30.3 Å². The molecule has 1 saturated carbocycles. The first kappa shape index (κ1) is 13.1. The molecule has 18 heavy (non-hydrogen) atoms. The van der Waals surface area contributed by atoms with Crippen LogP contribution < -0.4 is 5.32 Å². The van der Waals surface area contributed by atoms with Gasteiger partial charge in [-0.25, -0.2) is 0 Å². The van der Waals surface area contributed by atoms with Crippen molar-refractivity contribution in [2.24, 2.45) is 17.8 Å². The summed E-state index contributed by atoms with van der Waals surface area (Å²) in [6.45, 7) is 5.04. The van der Waals surface area contributed by atoms with Crippen molar-refractivity contribution in [3.8, 4) is 0 Å². The van der Waals surface area contributed by atoms with E-state index in [0.29, 0.717) is 18.2 Å². The quantitative estimate of drug-likeness (QED) is 0.875. The van der Waals surface area contributed by atoms with Gasteiger partial charge in [0.25, 0.3) is 0 Å². The SMILES string of the molecule is CC1CCC(C(=O)CNc2ccccc2)CC1C. The van der Waals surface area contributed by atoms with Crippen LogP contribution in [0.15, 0.2) is 30.3 Å². The van der Waals surface area contributed by atoms with E-state index in [1.54, 1.807) is 0 Å². The van der Waals surface area contributed by atoms with Crippen LogP contribution in [0, 0.1) is 17.8 Å². The Kier molecular flexibility index (Phi) is 4.40. The number of nitrogens with one attached hydrogen (secondary N) is 1. The largest absolute Gasteiger partial charge is 0.378 e. The molecule has 0 aliphatic heterocycles. The minimum Gasteiger partial charge on any atom is -0.378 e. The second-order valence-corrected chi connectivity index (χ2v) is 5.65. The molecule has 0 heterocycles. The Hall–Kier alpha value is -1.31. The van der Waals surface area contributed by atoms with Crippen molar-refractivity contribution in [1.82, 2.24) is 0 Å². The molecule has 0 radical (unpaired) electrons. The van der Waals surface area contributed by atoms with Crippen molar-refractivity contribution in [2.45, 2.75) is 33.1 Å². The van der Waals surface area contributed by atoms with Crippen LogP contribution in [0.3, 0.4) is 0 Å². The Labute approximate surface area is 110 Å². The summed E-state index contributed by atoms with van der Waals surface area (Å²) in [5.74, 6) is 2.10. The molecule has 1 aliphatic carbocycles. The number of rotatable bonds is 4. The molecule has 0 saturated heterocycles. The number of para-hydroxylation sites is 1. The first-order valence-electron chi connectivity index (χ1n) is 6.98. The van der Waals surface area contributed by atoms with Gasteiger partial charge in [-0.15, -0.1) is 0 Å². The standard InChI is InChI=1S/C16H23NO/c1-12-8-9-14(10-13(12)2)16(18)11-17-15-6-4-3-5-7-15/h3-7,12-14,17H,8-11H2,1-2H3. The van der Waals surface area contributed by atoms with E-state index in [0.717, 1.165) is 24.4 Å². The van der Waals surface area contributed by atoms with Gasteiger partial charge in [0, 0.05) is 11.6 Å². The Morgan fingerprint density at radius 1 is 1.17 bits per heavy atom. The predicted molar refractivity (Wildman–Crippen MR) is 75.6 cm³/mol. The highest BCUT2D eigenvalue weighted by Crippen LogP contribution is 2.33. The minimum absolute atomic E-state index is 0.271. The third-order valence-corrected chi connectivity index (χ3v) is 4.29. The first-order chi connectivity index (χ1) is 8.66. The number of hydrogen-bond acceptors (Lipinski definition) is 2. The average molecular weight is 245 g/mol. The van der Waals surface area contributed by atoms with E-state index in [-0.39, 0.29) is 5.92 Å². The predicted octanol–water partition coefficient (Wildman–Crippen LogP) is 3.74. The molecular weight excluding hydrogens is 222 g/mol. The van der Waals surface area contributed by atoms with Gasteiger partial charge >= 0.3 is 0 Å². The van der Waals surface area contributed by atoms with E-state index in [9.17, 15) is 4.79 Å². The number of Topliss-reactive ketones (excluding diaryl/α,β-unsaturated/α-hetero) is 1. The van der Waals surface area contributed by atoms with Crippen LogP contribution in [0.4, 0.5) is 5.69 Å². The summed E-state index contributed by atoms with van der Waals surface area (Å²) in [5.41, 5.74) is 1.03. The van der Waals surface area contributed by atoms with Gasteiger partial charge in [-0.05, 0) is 43.2 Å². The third-order valence-electron chi connectivity index (χ3n) is 4.29. The molecule has 3 atom stereocenters. The molecule has 1 aliphatic rings. The molecule has 1 N–H and O–H groups in total. The number of hydrogen-bond donors (Lipinski definition) is 1. The number of benzene rings is 1. The summed E-state index contributed by atoms with van der Waals surface area (Å²) >= 11 is 0. The van der Waals surface area contributed by atoms with Crippen molar-refractivity contribution in [3.05, 3.63) is 30.3 Å². The maximum absolute atomic E-state index is 12.2. The number of anilines is 1. The van der Waals surface area contributed by atoms with Crippen molar-refractivity contribution in [3.63, 3.8) is 0 Å². The second-order valence-electron chi connectivity index (χ2n) is 5.65. The molecule has 0 aromatic heterocycles. The van der Waals surface area contributed by atoms with Crippen molar-refractivity contribution in [1.29, 1.82) is 0 Å². The van der Waals surface area contributed by atoms with Crippen LogP contribution in [0.5, 0.6) is 0 Å². The highest BCUT2D eigenvalue weighted by atomic mass is 16.1. The Morgan fingerprint density at radius 3 is 2.56 bits per heavy atom. The number of carbonyl (C=O) groups excluding carboxylic acids is 1. The van der Waals surface area contributed by atoms with E-state index in [4.69, 9.17) is 0 Å². The monoisotopic (exact) mass is 245 g/mol. The zero-order chi connectivity index (χ0) is 13.0.